The van der Waals surface area contributed by atoms with Gasteiger partial charge in [0.05, 0.1) is 0 Å². The van der Waals surface area contributed by atoms with Crippen molar-refractivity contribution in [2.75, 3.05) is 0 Å². The number of hydrogen-bond donors (Lipinski definition) is 3. The van der Waals surface area contributed by atoms with Crippen LogP contribution in [0.1, 0.15) is 0 Å². The van der Waals surface area contributed by atoms with E-state index in [1.807, 2.05) is 48.5 Å². The molecule has 0 radical (unpaired) electrons. The second-order valence-corrected chi connectivity index (χ2v) is 7.85. The Morgan fingerprint density at radius 2 is 1.09 bits per heavy atom. The topological polar surface area (TPSA) is 73.8 Å². The van der Waals surface area contributed by atoms with Gasteiger partial charge in [0.2, 0.25) is 0 Å². The van der Waals surface area contributed by atoms with Gasteiger partial charge in [-0.2, -0.15) is 0 Å². The number of phenols is 3. The van der Waals surface area contributed by atoms with Gasteiger partial charge in [0.25, 0.3) is 0 Å². The average molecular weight is 418 g/mol. The Kier molecular flexibility index (Phi) is 3.89. The highest BCUT2D eigenvalue weighted by Gasteiger charge is 2.23. The van der Waals surface area contributed by atoms with Gasteiger partial charge >= 0.3 is 0 Å². The van der Waals surface area contributed by atoms with Crippen LogP contribution in [0, 0.1) is 0 Å². The van der Waals surface area contributed by atoms with E-state index in [0.717, 1.165) is 43.6 Å². The van der Waals surface area contributed by atoms with Crippen molar-refractivity contribution in [1.29, 1.82) is 0 Å². The first-order valence-electron chi connectivity index (χ1n) is 10.3. The molecule has 6 aromatic rings. The van der Waals surface area contributed by atoms with Crippen molar-refractivity contribution >= 4 is 32.5 Å². The van der Waals surface area contributed by atoms with E-state index in [9.17, 15) is 15.3 Å². The quantitative estimate of drug-likeness (QED) is 0.260. The molecule has 0 saturated heterocycles. The van der Waals surface area contributed by atoms with Gasteiger partial charge in [-0.15, -0.1) is 0 Å². The lowest BCUT2D eigenvalue weighted by atomic mass is 9.92. The predicted molar refractivity (Wildman–Crippen MR) is 127 cm³/mol. The van der Waals surface area contributed by atoms with E-state index < -0.39 is 0 Å². The zero-order valence-electron chi connectivity index (χ0n) is 16.9. The number of benzene rings is 5. The van der Waals surface area contributed by atoms with Crippen LogP contribution < -0.4 is 0 Å². The molecule has 4 nitrogen and oxygen atoms in total. The molecular weight excluding hydrogens is 400 g/mol. The van der Waals surface area contributed by atoms with Crippen LogP contribution in [0.15, 0.2) is 95.4 Å². The van der Waals surface area contributed by atoms with Crippen molar-refractivity contribution in [3.8, 4) is 39.7 Å². The fourth-order valence-electron chi connectivity index (χ4n) is 4.52. The molecule has 32 heavy (non-hydrogen) atoms. The monoisotopic (exact) mass is 418 g/mol. The third kappa shape index (κ3) is 2.63. The van der Waals surface area contributed by atoms with Crippen LogP contribution in [-0.4, -0.2) is 15.3 Å². The fraction of sp³-hybridized carbons (Fsp3) is 0. The van der Waals surface area contributed by atoms with E-state index in [1.165, 1.54) is 0 Å². The molecule has 3 N–H and O–H groups in total. The second kappa shape index (κ2) is 6.79. The molecule has 0 spiro atoms. The highest BCUT2D eigenvalue weighted by atomic mass is 16.3. The smallest absolute Gasteiger partial charge is 0.144 e. The van der Waals surface area contributed by atoms with Gasteiger partial charge in [-0.25, -0.2) is 0 Å². The molecule has 5 aromatic carbocycles. The molecule has 6 rings (SSSR count). The Morgan fingerprint density at radius 3 is 1.78 bits per heavy atom. The molecule has 0 aliphatic carbocycles. The summed E-state index contributed by atoms with van der Waals surface area (Å²) >= 11 is 0. The van der Waals surface area contributed by atoms with Crippen LogP contribution in [0.25, 0.3) is 55.0 Å². The van der Waals surface area contributed by atoms with E-state index in [0.29, 0.717) is 11.3 Å². The number of fused-ring (bicyclic) bond motifs is 6. The number of rotatable bonds is 2. The van der Waals surface area contributed by atoms with Gasteiger partial charge in [-0.05, 0) is 58.8 Å². The van der Waals surface area contributed by atoms with Crippen molar-refractivity contribution < 1.29 is 19.7 Å². The summed E-state index contributed by atoms with van der Waals surface area (Å²) in [5.74, 6) is 1.15. The van der Waals surface area contributed by atoms with Crippen molar-refractivity contribution in [3.63, 3.8) is 0 Å². The molecule has 1 heterocycles. The number of furan rings is 1. The first-order chi connectivity index (χ1) is 15.6. The van der Waals surface area contributed by atoms with Crippen LogP contribution >= 0.6 is 0 Å². The minimum atomic E-state index is 0.171. The van der Waals surface area contributed by atoms with Gasteiger partial charge in [-0.3, -0.25) is 0 Å². The Labute approximate surface area is 183 Å². The molecule has 0 unspecified atom stereocenters. The predicted octanol–water partition coefficient (Wildman–Crippen LogP) is 7.19. The third-order valence-electron chi connectivity index (χ3n) is 5.95. The van der Waals surface area contributed by atoms with E-state index >= 15 is 0 Å². The van der Waals surface area contributed by atoms with Crippen molar-refractivity contribution in [3.05, 3.63) is 91.0 Å². The number of hydrogen-bond acceptors (Lipinski definition) is 4. The summed E-state index contributed by atoms with van der Waals surface area (Å²) in [6.07, 6.45) is 0. The maximum absolute atomic E-state index is 10.9. The van der Waals surface area contributed by atoms with Gasteiger partial charge in [0.15, 0.2) is 0 Å². The normalized spacial score (nSPS) is 11.5. The van der Waals surface area contributed by atoms with E-state index in [4.69, 9.17) is 4.42 Å². The van der Waals surface area contributed by atoms with Crippen molar-refractivity contribution in [1.82, 2.24) is 0 Å². The zero-order chi connectivity index (χ0) is 21.8. The second-order valence-electron chi connectivity index (χ2n) is 7.85. The first-order valence-corrected chi connectivity index (χ1v) is 10.3. The van der Waals surface area contributed by atoms with Gasteiger partial charge in [0, 0.05) is 27.3 Å². The van der Waals surface area contributed by atoms with Crippen LogP contribution in [0.3, 0.4) is 0 Å². The van der Waals surface area contributed by atoms with Crippen LogP contribution in [-0.2, 0) is 0 Å². The van der Waals surface area contributed by atoms with Gasteiger partial charge in [0.1, 0.15) is 28.6 Å². The summed E-state index contributed by atoms with van der Waals surface area (Å²) in [5, 5.41) is 35.0. The summed E-state index contributed by atoms with van der Waals surface area (Å²) in [6.45, 7) is 0. The summed E-state index contributed by atoms with van der Waals surface area (Å²) in [6, 6.07) is 27.3. The van der Waals surface area contributed by atoms with Crippen molar-refractivity contribution in [2.45, 2.75) is 0 Å². The van der Waals surface area contributed by atoms with Crippen LogP contribution in [0.4, 0.5) is 0 Å². The van der Waals surface area contributed by atoms with Crippen LogP contribution in [0.2, 0.25) is 0 Å². The Hall–Kier alpha value is -4.44. The van der Waals surface area contributed by atoms with Gasteiger partial charge in [-0.1, -0.05) is 48.5 Å². The maximum Gasteiger partial charge on any atom is 0.144 e. The molecule has 1 aromatic heterocycles. The maximum atomic E-state index is 10.9. The molecule has 0 amide bonds. The Morgan fingerprint density at radius 1 is 0.500 bits per heavy atom. The van der Waals surface area contributed by atoms with Crippen molar-refractivity contribution in [2.24, 2.45) is 0 Å². The van der Waals surface area contributed by atoms with Gasteiger partial charge < -0.3 is 19.7 Å². The average Bonchev–Trinajstić information content (AvgIpc) is 3.21. The Balaban J connectivity index is 1.88. The van der Waals surface area contributed by atoms with E-state index in [-0.39, 0.29) is 17.2 Å². The lowest BCUT2D eigenvalue weighted by Crippen LogP contribution is -1.84. The summed E-state index contributed by atoms with van der Waals surface area (Å²) in [4.78, 5) is 0. The summed E-state index contributed by atoms with van der Waals surface area (Å²) in [7, 11) is 0. The third-order valence-corrected chi connectivity index (χ3v) is 5.95. The SMILES string of the molecule is Oc1ccc(-c2oc3c4ccccc4c4cccc(O)c4c3c2-c2ccc(O)cc2)cc1. The minimum Gasteiger partial charge on any atom is -0.508 e. The van der Waals surface area contributed by atoms with Crippen LogP contribution in [0.5, 0.6) is 17.2 Å². The lowest BCUT2D eigenvalue weighted by Gasteiger charge is -2.10. The molecule has 0 aliphatic heterocycles. The Bertz CT molecular complexity index is 1630. The fourth-order valence-corrected chi connectivity index (χ4v) is 4.52. The molecule has 0 atom stereocenters. The summed E-state index contributed by atoms with van der Waals surface area (Å²) in [5.41, 5.74) is 3.16. The molecule has 0 fully saturated rings. The number of aromatic hydroxyl groups is 3. The molecule has 0 aliphatic rings. The molecule has 4 heteroatoms. The minimum absolute atomic E-state index is 0.171. The molecular formula is C28H18O4. The van der Waals surface area contributed by atoms with E-state index in [1.54, 1.807) is 42.5 Å². The van der Waals surface area contributed by atoms with E-state index in [2.05, 4.69) is 0 Å². The zero-order valence-corrected chi connectivity index (χ0v) is 16.9. The standard InChI is InChI=1S/C28H18O4/c29-18-12-8-16(9-13-18)24-26-25-21(6-3-7-23(25)31)20-4-1-2-5-22(20)28(26)32-27(24)17-10-14-19(30)15-11-17/h1-15,29-31H. The molecule has 154 valence electrons. The summed E-state index contributed by atoms with van der Waals surface area (Å²) < 4.78 is 6.53. The number of phenolic OH excluding ortho intramolecular Hbond substituents is 3. The molecule has 0 bridgehead atoms. The molecule has 0 saturated carbocycles. The highest BCUT2D eigenvalue weighted by Crippen LogP contribution is 2.49. The highest BCUT2D eigenvalue weighted by molar-refractivity contribution is 6.29. The lowest BCUT2D eigenvalue weighted by molar-refractivity contribution is 0.475. The first kappa shape index (κ1) is 18.3. The largest absolute Gasteiger partial charge is 0.508 e.